The van der Waals surface area contributed by atoms with E-state index in [4.69, 9.17) is 15.6 Å². The summed E-state index contributed by atoms with van der Waals surface area (Å²) in [5.41, 5.74) is 5.62. The number of aliphatic hydroxyl groups is 2. The Morgan fingerprint density at radius 2 is 2.16 bits per heavy atom. The van der Waals surface area contributed by atoms with Crippen LogP contribution in [0.5, 0.6) is 0 Å². The minimum Gasteiger partial charge on any atom is -0.394 e. The molecule has 0 bridgehead atoms. The fraction of sp³-hybridized carbons (Fsp3) is 0.667. The van der Waals surface area contributed by atoms with Crippen LogP contribution in [0.1, 0.15) is 63.7 Å². The second-order valence-electron chi connectivity index (χ2n) is 6.33. The number of nitrogen functional groups attached to an aromatic ring is 1. The summed E-state index contributed by atoms with van der Waals surface area (Å²) >= 11 is 0. The fourth-order valence-corrected chi connectivity index (χ4v) is 2.83. The summed E-state index contributed by atoms with van der Waals surface area (Å²) < 4.78 is 6.70. The zero-order valence-corrected chi connectivity index (χ0v) is 14.6. The second kappa shape index (κ2) is 9.56. The summed E-state index contributed by atoms with van der Waals surface area (Å²) in [5, 5.41) is 19.2. The molecule has 0 saturated carbocycles. The first kappa shape index (κ1) is 19.4. The molecule has 7 heteroatoms. The van der Waals surface area contributed by atoms with Crippen molar-refractivity contribution in [3.8, 4) is 11.8 Å². The van der Waals surface area contributed by atoms with Crippen LogP contribution in [0, 0.1) is 11.8 Å². The van der Waals surface area contributed by atoms with Crippen LogP contribution in [0.4, 0.5) is 5.82 Å². The van der Waals surface area contributed by atoms with Gasteiger partial charge in [0.2, 0.25) is 0 Å². The molecule has 1 aliphatic heterocycles. The molecule has 138 valence electrons. The first-order chi connectivity index (χ1) is 12.1. The smallest absolute Gasteiger partial charge is 0.351 e. The largest absolute Gasteiger partial charge is 0.394 e. The maximum atomic E-state index is 12.1. The average molecular weight is 349 g/mol. The van der Waals surface area contributed by atoms with Gasteiger partial charge in [0.05, 0.1) is 18.3 Å². The number of hydrogen-bond acceptors (Lipinski definition) is 6. The predicted molar refractivity (Wildman–Crippen MR) is 94.8 cm³/mol. The fourth-order valence-electron chi connectivity index (χ4n) is 2.83. The molecule has 0 spiro atoms. The number of aromatic nitrogens is 2. The first-order valence-electron chi connectivity index (χ1n) is 8.88. The van der Waals surface area contributed by atoms with Gasteiger partial charge in [0.15, 0.2) is 6.23 Å². The lowest BCUT2D eigenvalue weighted by atomic mass is 10.1. The predicted octanol–water partition coefficient (Wildman–Crippen LogP) is 1.18. The van der Waals surface area contributed by atoms with E-state index in [-0.39, 0.29) is 18.8 Å². The third-order valence-corrected chi connectivity index (χ3v) is 4.25. The highest BCUT2D eigenvalue weighted by atomic mass is 16.5. The minimum atomic E-state index is -0.889. The van der Waals surface area contributed by atoms with Crippen molar-refractivity contribution >= 4 is 5.82 Å². The van der Waals surface area contributed by atoms with Crippen LogP contribution in [-0.4, -0.2) is 38.6 Å². The van der Waals surface area contributed by atoms with Gasteiger partial charge in [-0.3, -0.25) is 4.57 Å². The lowest BCUT2D eigenvalue weighted by Gasteiger charge is -2.17. The van der Waals surface area contributed by atoms with Gasteiger partial charge in [0, 0.05) is 19.0 Å². The Bertz CT molecular complexity index is 677. The van der Waals surface area contributed by atoms with Crippen LogP contribution >= 0.6 is 0 Å². The number of unbranched alkanes of at least 4 members (excludes halogenated alkanes) is 5. The van der Waals surface area contributed by atoms with Crippen LogP contribution in [0.3, 0.4) is 0 Å². The summed E-state index contributed by atoms with van der Waals surface area (Å²) in [7, 11) is 0. The number of rotatable bonds is 7. The van der Waals surface area contributed by atoms with E-state index in [9.17, 15) is 9.90 Å². The monoisotopic (exact) mass is 349 g/mol. The highest BCUT2D eigenvalue weighted by Crippen LogP contribution is 2.27. The van der Waals surface area contributed by atoms with Crippen molar-refractivity contribution in [1.82, 2.24) is 9.55 Å². The SMILES string of the molecule is CCCCCCCC#Cc1cn(C2OC(CO)CC2O)c(=O)nc1N. The quantitative estimate of drug-likeness (QED) is 0.503. The Morgan fingerprint density at radius 3 is 2.84 bits per heavy atom. The van der Waals surface area contributed by atoms with Crippen molar-refractivity contribution in [3.63, 3.8) is 0 Å². The van der Waals surface area contributed by atoms with Crippen LogP contribution < -0.4 is 11.4 Å². The lowest BCUT2D eigenvalue weighted by Crippen LogP contribution is -2.32. The van der Waals surface area contributed by atoms with Gasteiger partial charge in [0.1, 0.15) is 11.9 Å². The molecule has 7 nitrogen and oxygen atoms in total. The van der Waals surface area contributed by atoms with Crippen molar-refractivity contribution in [2.45, 2.75) is 70.3 Å². The topological polar surface area (TPSA) is 111 Å². The summed E-state index contributed by atoms with van der Waals surface area (Å²) in [4.78, 5) is 15.8. The van der Waals surface area contributed by atoms with E-state index in [1.807, 2.05) is 0 Å². The van der Waals surface area contributed by atoms with Crippen molar-refractivity contribution in [2.75, 3.05) is 12.3 Å². The van der Waals surface area contributed by atoms with Crippen LogP contribution in [0.15, 0.2) is 11.0 Å². The third-order valence-electron chi connectivity index (χ3n) is 4.25. The third kappa shape index (κ3) is 5.30. The van der Waals surface area contributed by atoms with Crippen molar-refractivity contribution in [3.05, 3.63) is 22.2 Å². The Hall–Kier alpha value is -1.88. The van der Waals surface area contributed by atoms with Crippen LogP contribution in [-0.2, 0) is 4.74 Å². The molecule has 25 heavy (non-hydrogen) atoms. The average Bonchev–Trinajstić information content (AvgIpc) is 2.96. The summed E-state index contributed by atoms with van der Waals surface area (Å²) in [5.74, 6) is 6.09. The van der Waals surface area contributed by atoms with E-state index >= 15 is 0 Å². The van der Waals surface area contributed by atoms with Gasteiger partial charge in [0.25, 0.3) is 0 Å². The highest BCUT2D eigenvalue weighted by Gasteiger charge is 2.35. The molecule has 0 radical (unpaired) electrons. The molecule has 1 fully saturated rings. The number of nitrogens with two attached hydrogens (primary N) is 1. The van der Waals surface area contributed by atoms with Gasteiger partial charge in [-0.05, 0) is 6.42 Å². The molecule has 0 amide bonds. The Kier molecular flexibility index (Phi) is 7.44. The molecule has 2 rings (SSSR count). The van der Waals surface area contributed by atoms with E-state index in [1.165, 1.54) is 30.0 Å². The maximum Gasteiger partial charge on any atom is 0.351 e. The first-order valence-corrected chi connectivity index (χ1v) is 8.88. The Labute approximate surface area is 147 Å². The molecule has 1 saturated heterocycles. The van der Waals surface area contributed by atoms with Crippen LogP contribution in [0.2, 0.25) is 0 Å². The number of hydrogen-bond donors (Lipinski definition) is 3. The molecule has 3 unspecified atom stereocenters. The molecule has 2 heterocycles. The molecule has 0 aliphatic carbocycles. The van der Waals surface area contributed by atoms with Crippen molar-refractivity contribution in [1.29, 1.82) is 0 Å². The van der Waals surface area contributed by atoms with E-state index in [0.717, 1.165) is 19.3 Å². The molecule has 1 aromatic rings. The second-order valence-corrected chi connectivity index (χ2v) is 6.33. The van der Waals surface area contributed by atoms with Gasteiger partial charge in [-0.1, -0.05) is 44.4 Å². The normalized spacial score (nSPS) is 22.6. The molecule has 1 aromatic heterocycles. The molecule has 3 atom stereocenters. The zero-order valence-electron chi connectivity index (χ0n) is 14.6. The maximum absolute atomic E-state index is 12.1. The molecule has 0 aromatic carbocycles. The highest BCUT2D eigenvalue weighted by molar-refractivity contribution is 5.48. The summed E-state index contributed by atoms with van der Waals surface area (Å²) in [6.45, 7) is 1.97. The van der Waals surface area contributed by atoms with Crippen LogP contribution in [0.25, 0.3) is 0 Å². The zero-order chi connectivity index (χ0) is 18.2. The van der Waals surface area contributed by atoms with Gasteiger partial charge in [-0.15, -0.1) is 0 Å². The standard InChI is InChI=1S/C18H27N3O4/c1-2-3-4-5-6-7-8-9-13-11-21(18(24)20-16(13)19)17-15(23)10-14(12-22)25-17/h11,14-15,17,22-23H,2-7,10,12H2,1H3,(H2,19,20,24). The Balaban J connectivity index is 2.07. The van der Waals surface area contributed by atoms with E-state index in [1.54, 1.807) is 0 Å². The molecule has 4 N–H and O–H groups in total. The van der Waals surface area contributed by atoms with Gasteiger partial charge in [-0.25, -0.2) is 4.79 Å². The van der Waals surface area contributed by atoms with Gasteiger partial charge < -0.3 is 20.7 Å². The van der Waals surface area contributed by atoms with Crippen molar-refractivity contribution in [2.24, 2.45) is 0 Å². The van der Waals surface area contributed by atoms with E-state index < -0.39 is 24.1 Å². The number of nitrogens with zero attached hydrogens (tertiary/aromatic N) is 2. The van der Waals surface area contributed by atoms with E-state index in [0.29, 0.717) is 5.56 Å². The summed E-state index contributed by atoms with van der Waals surface area (Å²) in [6.07, 6.45) is 6.08. The Morgan fingerprint density at radius 1 is 1.40 bits per heavy atom. The molecular weight excluding hydrogens is 322 g/mol. The van der Waals surface area contributed by atoms with Gasteiger partial charge >= 0.3 is 5.69 Å². The van der Waals surface area contributed by atoms with Crippen molar-refractivity contribution < 1.29 is 14.9 Å². The number of ether oxygens (including phenoxy) is 1. The van der Waals surface area contributed by atoms with Gasteiger partial charge in [-0.2, -0.15) is 4.98 Å². The number of aliphatic hydroxyl groups excluding tert-OH is 2. The lowest BCUT2D eigenvalue weighted by molar-refractivity contribution is -0.0529. The molecular formula is C18H27N3O4. The summed E-state index contributed by atoms with van der Waals surface area (Å²) in [6, 6.07) is 0. The minimum absolute atomic E-state index is 0.0749. The number of anilines is 1. The van der Waals surface area contributed by atoms with E-state index in [2.05, 4.69) is 23.7 Å². The molecule has 1 aliphatic rings.